The third kappa shape index (κ3) is 2.91. The minimum absolute atomic E-state index is 0.0366. The van der Waals surface area contributed by atoms with E-state index in [4.69, 9.17) is 5.73 Å². The van der Waals surface area contributed by atoms with Gasteiger partial charge in [-0.05, 0) is 49.7 Å². The zero-order chi connectivity index (χ0) is 14.0. The second-order valence-corrected chi connectivity index (χ2v) is 4.51. The van der Waals surface area contributed by atoms with E-state index in [1.54, 1.807) is 24.3 Å². The van der Waals surface area contributed by atoms with Crippen molar-refractivity contribution >= 4 is 17.3 Å². The SMILES string of the molecule is Cc1ccc(F)c(C(=O)Nc2ccc(N)c(C)c2)c1. The lowest BCUT2D eigenvalue weighted by Crippen LogP contribution is -2.14. The van der Waals surface area contributed by atoms with E-state index in [0.717, 1.165) is 11.1 Å². The molecule has 0 atom stereocenters. The van der Waals surface area contributed by atoms with Crippen LogP contribution in [0.4, 0.5) is 15.8 Å². The first-order chi connectivity index (χ1) is 8.97. The summed E-state index contributed by atoms with van der Waals surface area (Å²) in [6.45, 7) is 3.65. The van der Waals surface area contributed by atoms with Crippen molar-refractivity contribution in [3.8, 4) is 0 Å². The normalized spacial score (nSPS) is 10.3. The maximum atomic E-state index is 13.6. The van der Waals surface area contributed by atoms with Gasteiger partial charge in [-0.1, -0.05) is 11.6 Å². The molecular weight excluding hydrogens is 243 g/mol. The van der Waals surface area contributed by atoms with Gasteiger partial charge in [-0.25, -0.2) is 4.39 Å². The van der Waals surface area contributed by atoms with Gasteiger partial charge in [-0.3, -0.25) is 4.79 Å². The Hall–Kier alpha value is -2.36. The summed E-state index contributed by atoms with van der Waals surface area (Å²) in [5, 5.41) is 2.66. The van der Waals surface area contributed by atoms with Crippen molar-refractivity contribution in [1.82, 2.24) is 0 Å². The first-order valence-corrected chi connectivity index (χ1v) is 5.91. The monoisotopic (exact) mass is 258 g/mol. The molecule has 2 rings (SSSR count). The lowest BCUT2D eigenvalue weighted by Gasteiger charge is -2.08. The zero-order valence-corrected chi connectivity index (χ0v) is 10.8. The molecule has 3 nitrogen and oxygen atoms in total. The highest BCUT2D eigenvalue weighted by Gasteiger charge is 2.12. The number of halogens is 1. The molecule has 4 heteroatoms. The largest absolute Gasteiger partial charge is 0.399 e. The summed E-state index contributed by atoms with van der Waals surface area (Å²) >= 11 is 0. The van der Waals surface area contributed by atoms with Gasteiger partial charge in [0.2, 0.25) is 0 Å². The van der Waals surface area contributed by atoms with Crippen LogP contribution in [0.5, 0.6) is 0 Å². The lowest BCUT2D eigenvalue weighted by molar-refractivity contribution is 0.102. The molecule has 98 valence electrons. The van der Waals surface area contributed by atoms with Crippen molar-refractivity contribution < 1.29 is 9.18 Å². The molecule has 0 aliphatic heterocycles. The fraction of sp³-hybridized carbons (Fsp3) is 0.133. The number of rotatable bonds is 2. The molecule has 0 heterocycles. The third-order valence-electron chi connectivity index (χ3n) is 2.89. The van der Waals surface area contributed by atoms with E-state index in [9.17, 15) is 9.18 Å². The molecule has 0 aromatic heterocycles. The number of anilines is 2. The topological polar surface area (TPSA) is 55.1 Å². The maximum absolute atomic E-state index is 13.6. The van der Waals surface area contributed by atoms with Crippen molar-refractivity contribution in [2.24, 2.45) is 0 Å². The average Bonchev–Trinajstić information content (AvgIpc) is 2.36. The van der Waals surface area contributed by atoms with Gasteiger partial charge in [-0.2, -0.15) is 0 Å². The van der Waals surface area contributed by atoms with Gasteiger partial charge in [0.1, 0.15) is 5.82 Å². The van der Waals surface area contributed by atoms with E-state index in [1.165, 1.54) is 12.1 Å². The Balaban J connectivity index is 2.25. The standard InChI is InChI=1S/C15H15FN2O/c1-9-3-5-13(16)12(7-9)15(19)18-11-4-6-14(17)10(2)8-11/h3-8H,17H2,1-2H3,(H,18,19). The third-order valence-corrected chi connectivity index (χ3v) is 2.89. The molecule has 2 aromatic rings. The summed E-state index contributed by atoms with van der Waals surface area (Å²) in [5.41, 5.74) is 8.68. The minimum Gasteiger partial charge on any atom is -0.399 e. The van der Waals surface area contributed by atoms with Crippen LogP contribution in [0.1, 0.15) is 21.5 Å². The summed E-state index contributed by atoms with van der Waals surface area (Å²) < 4.78 is 13.6. The zero-order valence-electron chi connectivity index (χ0n) is 10.8. The summed E-state index contributed by atoms with van der Waals surface area (Å²) in [6.07, 6.45) is 0. The summed E-state index contributed by atoms with van der Waals surface area (Å²) in [6, 6.07) is 9.58. The van der Waals surface area contributed by atoms with Crippen LogP contribution in [-0.2, 0) is 0 Å². The minimum atomic E-state index is -0.532. The fourth-order valence-corrected chi connectivity index (χ4v) is 1.77. The van der Waals surface area contributed by atoms with Gasteiger partial charge in [0.15, 0.2) is 0 Å². The van der Waals surface area contributed by atoms with E-state index in [0.29, 0.717) is 11.4 Å². The Morgan fingerprint density at radius 3 is 2.58 bits per heavy atom. The van der Waals surface area contributed by atoms with Crippen LogP contribution in [0.3, 0.4) is 0 Å². The van der Waals surface area contributed by atoms with E-state index in [1.807, 2.05) is 13.8 Å². The molecule has 2 aromatic carbocycles. The van der Waals surface area contributed by atoms with Crippen molar-refractivity contribution in [3.63, 3.8) is 0 Å². The maximum Gasteiger partial charge on any atom is 0.258 e. The smallest absolute Gasteiger partial charge is 0.258 e. The van der Waals surface area contributed by atoms with Gasteiger partial charge < -0.3 is 11.1 Å². The van der Waals surface area contributed by atoms with Gasteiger partial charge in [0.05, 0.1) is 5.56 Å². The average molecular weight is 258 g/mol. The lowest BCUT2D eigenvalue weighted by atomic mass is 10.1. The van der Waals surface area contributed by atoms with Gasteiger partial charge in [0, 0.05) is 11.4 Å². The Morgan fingerprint density at radius 1 is 1.16 bits per heavy atom. The molecule has 0 unspecified atom stereocenters. The van der Waals surface area contributed by atoms with Crippen LogP contribution in [0, 0.1) is 19.7 Å². The van der Waals surface area contributed by atoms with E-state index in [2.05, 4.69) is 5.32 Å². The van der Waals surface area contributed by atoms with Crippen LogP contribution in [-0.4, -0.2) is 5.91 Å². The molecule has 0 fully saturated rings. The second-order valence-electron chi connectivity index (χ2n) is 4.51. The molecule has 3 N–H and O–H groups in total. The molecule has 0 saturated carbocycles. The van der Waals surface area contributed by atoms with Crippen LogP contribution in [0.15, 0.2) is 36.4 Å². The molecule has 0 spiro atoms. The number of carbonyl (C=O) groups excluding carboxylic acids is 1. The van der Waals surface area contributed by atoms with E-state index >= 15 is 0 Å². The number of carbonyl (C=O) groups is 1. The molecular formula is C15H15FN2O. The van der Waals surface area contributed by atoms with Crippen LogP contribution < -0.4 is 11.1 Å². The fourth-order valence-electron chi connectivity index (χ4n) is 1.77. The summed E-state index contributed by atoms with van der Waals surface area (Å²) in [5.74, 6) is -0.999. The van der Waals surface area contributed by atoms with Crippen molar-refractivity contribution in [2.45, 2.75) is 13.8 Å². The second kappa shape index (κ2) is 5.10. The quantitative estimate of drug-likeness (QED) is 0.812. The predicted molar refractivity (Wildman–Crippen MR) is 74.7 cm³/mol. The summed E-state index contributed by atoms with van der Waals surface area (Å²) in [4.78, 5) is 12.0. The number of nitrogens with two attached hydrogens (primary N) is 1. The molecule has 0 aliphatic rings. The first kappa shape index (κ1) is 13.1. The number of amides is 1. The predicted octanol–water partition coefficient (Wildman–Crippen LogP) is 3.28. The Bertz CT molecular complexity index is 638. The molecule has 0 bridgehead atoms. The van der Waals surface area contributed by atoms with Gasteiger partial charge in [-0.15, -0.1) is 0 Å². The Labute approximate surface area is 111 Å². The van der Waals surface area contributed by atoms with Crippen LogP contribution in [0.2, 0.25) is 0 Å². The first-order valence-electron chi connectivity index (χ1n) is 5.91. The number of nitrogens with one attached hydrogen (secondary N) is 1. The van der Waals surface area contributed by atoms with Gasteiger partial charge in [0.25, 0.3) is 5.91 Å². The molecule has 0 aliphatic carbocycles. The number of hydrogen-bond donors (Lipinski definition) is 2. The van der Waals surface area contributed by atoms with Crippen molar-refractivity contribution in [1.29, 1.82) is 0 Å². The molecule has 0 radical (unpaired) electrons. The summed E-state index contributed by atoms with van der Waals surface area (Å²) in [7, 11) is 0. The molecule has 0 saturated heterocycles. The van der Waals surface area contributed by atoms with Crippen LogP contribution in [0.25, 0.3) is 0 Å². The number of aryl methyl sites for hydroxylation is 2. The van der Waals surface area contributed by atoms with Crippen molar-refractivity contribution in [3.05, 3.63) is 58.9 Å². The van der Waals surface area contributed by atoms with E-state index in [-0.39, 0.29) is 5.56 Å². The van der Waals surface area contributed by atoms with Crippen LogP contribution >= 0.6 is 0 Å². The van der Waals surface area contributed by atoms with Crippen molar-refractivity contribution in [2.75, 3.05) is 11.1 Å². The molecule has 19 heavy (non-hydrogen) atoms. The van der Waals surface area contributed by atoms with Gasteiger partial charge >= 0.3 is 0 Å². The molecule has 1 amide bonds. The Kier molecular flexibility index (Phi) is 3.51. The van der Waals surface area contributed by atoms with E-state index < -0.39 is 11.7 Å². The number of hydrogen-bond acceptors (Lipinski definition) is 2. The Morgan fingerprint density at radius 2 is 1.89 bits per heavy atom. The highest BCUT2D eigenvalue weighted by Crippen LogP contribution is 2.18. The number of benzene rings is 2. The highest BCUT2D eigenvalue weighted by molar-refractivity contribution is 6.04. The highest BCUT2D eigenvalue weighted by atomic mass is 19.1. The number of nitrogen functional groups attached to an aromatic ring is 1.